The van der Waals surface area contributed by atoms with Gasteiger partial charge in [-0.3, -0.25) is 14.4 Å². The summed E-state index contributed by atoms with van der Waals surface area (Å²) >= 11 is 1.07. The first-order valence-electron chi connectivity index (χ1n) is 8.64. The number of esters is 1. The van der Waals surface area contributed by atoms with Gasteiger partial charge in [-0.25, -0.2) is 0 Å². The normalized spacial score (nSPS) is 12.3. The van der Waals surface area contributed by atoms with E-state index in [2.05, 4.69) is 15.8 Å². The Morgan fingerprint density at radius 3 is 2.66 bits per heavy atom. The summed E-state index contributed by atoms with van der Waals surface area (Å²) in [6.07, 6.45) is -1.03. The first-order valence-corrected chi connectivity index (χ1v) is 9.69. The van der Waals surface area contributed by atoms with E-state index in [1.54, 1.807) is 38.1 Å². The molecule has 0 aliphatic heterocycles. The number of aromatic nitrogens is 1. The van der Waals surface area contributed by atoms with E-state index in [9.17, 15) is 14.4 Å². The van der Waals surface area contributed by atoms with E-state index >= 15 is 0 Å². The van der Waals surface area contributed by atoms with Gasteiger partial charge in [0.25, 0.3) is 5.91 Å². The Kier molecular flexibility index (Phi) is 7.79. The van der Waals surface area contributed by atoms with E-state index in [0.717, 1.165) is 11.8 Å². The molecule has 2 amide bonds. The Labute approximate surface area is 171 Å². The number of nitriles is 1. The molecule has 1 heterocycles. The molecule has 0 saturated heterocycles. The summed E-state index contributed by atoms with van der Waals surface area (Å²) in [5.74, 6) is -0.720. The Bertz CT molecular complexity index is 937. The number of carbonyl (C=O) groups excluding carboxylic acids is 3. The van der Waals surface area contributed by atoms with Crippen LogP contribution >= 0.6 is 11.8 Å². The first kappa shape index (κ1) is 22.0. The number of amides is 2. The summed E-state index contributed by atoms with van der Waals surface area (Å²) in [5, 5.41) is 17.2. The second-order valence-corrected chi connectivity index (χ2v) is 7.41. The van der Waals surface area contributed by atoms with Gasteiger partial charge in [-0.2, -0.15) is 5.26 Å². The zero-order valence-electron chi connectivity index (χ0n) is 16.1. The zero-order chi connectivity index (χ0) is 21.4. The van der Waals surface area contributed by atoms with Crippen molar-refractivity contribution >= 4 is 41.1 Å². The summed E-state index contributed by atoms with van der Waals surface area (Å²) in [5.41, 5.74) is 0.830. The van der Waals surface area contributed by atoms with Crippen molar-refractivity contribution in [3.05, 3.63) is 41.7 Å². The molecular weight excluding hydrogens is 396 g/mol. The van der Waals surface area contributed by atoms with E-state index in [1.807, 2.05) is 6.07 Å². The van der Waals surface area contributed by atoms with Crippen LogP contribution in [0.4, 0.5) is 11.5 Å². The molecule has 29 heavy (non-hydrogen) atoms. The number of hydrogen-bond acceptors (Lipinski definition) is 8. The Morgan fingerprint density at radius 2 is 2.00 bits per heavy atom. The number of ether oxygens (including phenoxy) is 1. The van der Waals surface area contributed by atoms with Gasteiger partial charge < -0.3 is 19.9 Å². The number of benzene rings is 1. The van der Waals surface area contributed by atoms with Crippen molar-refractivity contribution in [2.24, 2.45) is 0 Å². The van der Waals surface area contributed by atoms with Gasteiger partial charge >= 0.3 is 5.97 Å². The van der Waals surface area contributed by atoms with Gasteiger partial charge in [-0.1, -0.05) is 11.2 Å². The molecule has 0 saturated carbocycles. The van der Waals surface area contributed by atoms with Crippen LogP contribution in [0.2, 0.25) is 0 Å². The van der Waals surface area contributed by atoms with Crippen LogP contribution in [0.25, 0.3) is 0 Å². The third-order valence-corrected chi connectivity index (χ3v) is 4.75. The molecule has 9 nitrogen and oxygen atoms in total. The van der Waals surface area contributed by atoms with E-state index in [-0.39, 0.29) is 11.7 Å². The number of rotatable bonds is 8. The summed E-state index contributed by atoms with van der Waals surface area (Å²) in [6.45, 7) is 4.78. The average molecular weight is 416 g/mol. The van der Waals surface area contributed by atoms with E-state index < -0.39 is 23.2 Å². The smallest absolute Gasteiger partial charge is 0.316 e. The SMILES string of the molecule is Cc1cc(NC(=O)[C@H](C)SCC(=O)O[C@H](C)C(=O)Nc2cccc(C#N)c2)no1. The summed E-state index contributed by atoms with van der Waals surface area (Å²) in [7, 11) is 0. The highest BCUT2D eigenvalue weighted by atomic mass is 32.2. The lowest BCUT2D eigenvalue weighted by Gasteiger charge is -2.14. The lowest BCUT2D eigenvalue weighted by atomic mass is 10.2. The number of aryl methyl sites for hydroxylation is 1. The van der Waals surface area contributed by atoms with E-state index in [1.165, 1.54) is 13.0 Å². The highest BCUT2D eigenvalue weighted by Crippen LogP contribution is 2.15. The second-order valence-electron chi connectivity index (χ2n) is 6.08. The monoisotopic (exact) mass is 416 g/mol. The van der Waals surface area contributed by atoms with Crippen molar-refractivity contribution in [1.82, 2.24) is 5.16 Å². The average Bonchev–Trinajstić information content (AvgIpc) is 3.10. The number of hydrogen-bond donors (Lipinski definition) is 2. The lowest BCUT2D eigenvalue weighted by Crippen LogP contribution is -2.31. The number of thioether (sulfide) groups is 1. The minimum Gasteiger partial charge on any atom is -0.452 e. The number of nitrogens with zero attached hydrogens (tertiary/aromatic N) is 2. The minimum absolute atomic E-state index is 0.103. The maximum Gasteiger partial charge on any atom is 0.316 e. The highest BCUT2D eigenvalue weighted by Gasteiger charge is 2.21. The molecule has 0 aliphatic rings. The molecule has 0 bridgehead atoms. The molecule has 1 aromatic heterocycles. The van der Waals surface area contributed by atoms with Crippen LogP contribution in [0.1, 0.15) is 25.2 Å². The Hall–Kier alpha value is -3.32. The Balaban J connectivity index is 1.76. The molecule has 2 rings (SSSR count). The van der Waals surface area contributed by atoms with Gasteiger partial charge in [0, 0.05) is 11.8 Å². The van der Waals surface area contributed by atoms with Crippen molar-refractivity contribution in [2.45, 2.75) is 32.1 Å². The van der Waals surface area contributed by atoms with Gasteiger partial charge in [0.15, 0.2) is 11.9 Å². The molecule has 10 heteroatoms. The number of carbonyl (C=O) groups is 3. The molecule has 0 radical (unpaired) electrons. The predicted molar refractivity (Wildman–Crippen MR) is 107 cm³/mol. The maximum atomic E-state index is 12.1. The van der Waals surface area contributed by atoms with Crippen LogP contribution in [0.5, 0.6) is 0 Å². The van der Waals surface area contributed by atoms with Crippen LogP contribution in [-0.2, 0) is 19.1 Å². The van der Waals surface area contributed by atoms with Gasteiger partial charge in [-0.05, 0) is 39.0 Å². The van der Waals surface area contributed by atoms with Gasteiger partial charge in [0.05, 0.1) is 22.6 Å². The molecule has 2 atom stereocenters. The van der Waals surface area contributed by atoms with Crippen molar-refractivity contribution in [3.8, 4) is 6.07 Å². The first-order chi connectivity index (χ1) is 13.8. The summed E-state index contributed by atoms with van der Waals surface area (Å²) in [6, 6.07) is 9.93. The third kappa shape index (κ3) is 6.97. The highest BCUT2D eigenvalue weighted by molar-refractivity contribution is 8.01. The molecular formula is C19H20N4O5S. The van der Waals surface area contributed by atoms with Crippen LogP contribution < -0.4 is 10.6 Å². The van der Waals surface area contributed by atoms with Gasteiger partial charge in [0.1, 0.15) is 5.76 Å². The lowest BCUT2D eigenvalue weighted by molar-refractivity contribution is -0.150. The van der Waals surface area contributed by atoms with Crippen LogP contribution in [0.15, 0.2) is 34.9 Å². The van der Waals surface area contributed by atoms with Gasteiger partial charge in [0.2, 0.25) is 5.91 Å². The summed E-state index contributed by atoms with van der Waals surface area (Å²) < 4.78 is 9.96. The fourth-order valence-electron chi connectivity index (χ4n) is 2.12. The molecule has 2 N–H and O–H groups in total. The zero-order valence-corrected chi connectivity index (χ0v) is 16.9. The van der Waals surface area contributed by atoms with E-state index in [4.69, 9.17) is 14.5 Å². The Morgan fingerprint density at radius 1 is 1.24 bits per heavy atom. The fourth-order valence-corrected chi connectivity index (χ4v) is 2.78. The maximum absolute atomic E-state index is 12.1. The van der Waals surface area contributed by atoms with E-state index in [0.29, 0.717) is 22.8 Å². The molecule has 0 unspecified atom stereocenters. The molecule has 1 aromatic carbocycles. The van der Waals surface area contributed by atoms with Crippen LogP contribution in [-0.4, -0.2) is 40.0 Å². The largest absolute Gasteiger partial charge is 0.452 e. The standard InChI is InChI=1S/C19H20N4O5S/c1-11-7-16(23-28-11)22-19(26)13(3)29-10-17(24)27-12(2)18(25)21-15-6-4-5-14(8-15)9-20/h4-8,12-13H,10H2,1-3H3,(H,21,25)(H,22,23,26)/t12-,13+/m1/s1. The third-order valence-electron chi connectivity index (χ3n) is 3.64. The second kappa shape index (κ2) is 10.3. The summed E-state index contributed by atoms with van der Waals surface area (Å²) in [4.78, 5) is 36.2. The molecule has 0 aliphatic carbocycles. The van der Waals surface area contributed by atoms with Crippen molar-refractivity contribution in [2.75, 3.05) is 16.4 Å². The molecule has 2 aromatic rings. The predicted octanol–water partition coefficient (Wildman–Crippen LogP) is 2.49. The number of anilines is 2. The van der Waals surface area contributed by atoms with Crippen molar-refractivity contribution in [1.29, 1.82) is 5.26 Å². The van der Waals surface area contributed by atoms with Crippen molar-refractivity contribution in [3.63, 3.8) is 0 Å². The fraction of sp³-hybridized carbons (Fsp3) is 0.316. The van der Waals surface area contributed by atoms with Gasteiger partial charge in [-0.15, -0.1) is 11.8 Å². The molecule has 152 valence electrons. The molecule has 0 fully saturated rings. The van der Waals surface area contributed by atoms with Crippen molar-refractivity contribution < 1.29 is 23.6 Å². The molecule has 0 spiro atoms. The minimum atomic E-state index is -1.03. The van der Waals surface area contributed by atoms with Crippen LogP contribution in [0.3, 0.4) is 0 Å². The number of nitrogens with one attached hydrogen (secondary N) is 2. The van der Waals surface area contributed by atoms with Crippen LogP contribution in [0, 0.1) is 18.3 Å². The topological polar surface area (TPSA) is 134 Å². The quantitative estimate of drug-likeness (QED) is 0.627.